The number of carbonyl (C=O) groups excluding carboxylic acids is 1. The molecule has 0 spiro atoms. The van der Waals surface area contributed by atoms with E-state index < -0.39 is 5.54 Å². The fourth-order valence-corrected chi connectivity index (χ4v) is 2.60. The summed E-state index contributed by atoms with van der Waals surface area (Å²) in [7, 11) is 4.63. The van der Waals surface area contributed by atoms with Crippen LogP contribution in [-0.2, 0) is 9.53 Å². The topological polar surface area (TPSA) is 74.0 Å². The molecule has 1 aliphatic rings. The summed E-state index contributed by atoms with van der Waals surface area (Å²) >= 11 is 0. The molecule has 1 aromatic carbocycles. The number of hydrogen-bond donors (Lipinski definition) is 1. The van der Waals surface area contributed by atoms with E-state index in [1.54, 1.807) is 14.2 Å². The number of carbonyl (C=O) groups is 1. The SMILES string of the molecule is COC(=O)C1(N)CCN(c2cc(OC)ccc2OC)CC1.Cl. The molecule has 1 aromatic rings. The van der Waals surface area contributed by atoms with Gasteiger partial charge in [0.25, 0.3) is 0 Å². The number of benzene rings is 1. The lowest BCUT2D eigenvalue weighted by atomic mass is 9.88. The predicted molar refractivity (Wildman–Crippen MR) is 87.2 cm³/mol. The molecule has 0 aliphatic carbocycles. The summed E-state index contributed by atoms with van der Waals surface area (Å²) in [6, 6.07) is 5.66. The Hall–Kier alpha value is -1.66. The quantitative estimate of drug-likeness (QED) is 0.845. The second kappa shape index (κ2) is 7.56. The number of halogens is 1. The second-order valence-corrected chi connectivity index (χ2v) is 5.17. The lowest BCUT2D eigenvalue weighted by Crippen LogP contribution is -2.56. The molecule has 0 radical (unpaired) electrons. The summed E-state index contributed by atoms with van der Waals surface area (Å²) in [6.07, 6.45) is 1.08. The molecule has 2 rings (SSSR count). The zero-order valence-electron chi connectivity index (χ0n) is 13.1. The van der Waals surface area contributed by atoms with Gasteiger partial charge in [0.15, 0.2) is 0 Å². The van der Waals surface area contributed by atoms with Crippen LogP contribution in [0.25, 0.3) is 0 Å². The van der Waals surface area contributed by atoms with Gasteiger partial charge in [-0.1, -0.05) is 0 Å². The van der Waals surface area contributed by atoms with E-state index in [4.69, 9.17) is 19.9 Å². The molecule has 0 bridgehead atoms. The van der Waals surface area contributed by atoms with Gasteiger partial charge >= 0.3 is 5.97 Å². The third-order valence-corrected chi connectivity index (χ3v) is 3.97. The van der Waals surface area contributed by atoms with Crippen LogP contribution in [0.15, 0.2) is 18.2 Å². The van der Waals surface area contributed by atoms with Gasteiger partial charge in [-0.2, -0.15) is 0 Å². The van der Waals surface area contributed by atoms with Gasteiger partial charge in [0, 0.05) is 19.2 Å². The number of esters is 1. The highest BCUT2D eigenvalue weighted by atomic mass is 35.5. The van der Waals surface area contributed by atoms with Crippen LogP contribution in [0.4, 0.5) is 5.69 Å². The standard InChI is InChI=1S/C15H22N2O4.ClH/c1-19-11-4-5-13(20-2)12(10-11)17-8-6-15(16,7-9-17)14(18)21-3;/h4-5,10H,6-9,16H2,1-3H3;1H. The maximum atomic E-state index is 11.7. The summed E-state index contributed by atoms with van der Waals surface area (Å²) in [4.78, 5) is 13.9. The molecule has 0 unspecified atom stereocenters. The Balaban J connectivity index is 0.00000242. The highest BCUT2D eigenvalue weighted by Crippen LogP contribution is 2.35. The van der Waals surface area contributed by atoms with E-state index >= 15 is 0 Å². The number of rotatable bonds is 4. The van der Waals surface area contributed by atoms with Crippen molar-refractivity contribution in [1.29, 1.82) is 0 Å². The van der Waals surface area contributed by atoms with Crippen molar-refractivity contribution in [2.24, 2.45) is 5.73 Å². The van der Waals surface area contributed by atoms with Gasteiger partial charge in [0.05, 0.1) is 27.0 Å². The fourth-order valence-electron chi connectivity index (χ4n) is 2.60. The molecular formula is C15H23ClN2O4. The van der Waals surface area contributed by atoms with Crippen LogP contribution >= 0.6 is 12.4 Å². The molecule has 1 fully saturated rings. The summed E-state index contributed by atoms with van der Waals surface area (Å²) < 4.78 is 15.4. The highest BCUT2D eigenvalue weighted by molar-refractivity contribution is 5.85. The van der Waals surface area contributed by atoms with Gasteiger partial charge in [-0.15, -0.1) is 12.4 Å². The zero-order chi connectivity index (χ0) is 15.5. The molecule has 0 atom stereocenters. The Morgan fingerprint density at radius 3 is 2.32 bits per heavy atom. The first kappa shape index (κ1) is 18.4. The number of piperidine rings is 1. The molecule has 0 saturated carbocycles. The Morgan fingerprint density at radius 2 is 1.82 bits per heavy atom. The minimum Gasteiger partial charge on any atom is -0.497 e. The Kier molecular flexibility index (Phi) is 6.32. The number of nitrogens with two attached hydrogens (primary N) is 1. The van der Waals surface area contributed by atoms with Crippen LogP contribution in [-0.4, -0.2) is 45.9 Å². The van der Waals surface area contributed by atoms with E-state index in [-0.39, 0.29) is 18.4 Å². The number of ether oxygens (including phenoxy) is 3. The highest BCUT2D eigenvalue weighted by Gasteiger charge is 2.39. The lowest BCUT2D eigenvalue weighted by Gasteiger charge is -2.38. The Morgan fingerprint density at radius 1 is 1.18 bits per heavy atom. The molecule has 124 valence electrons. The van der Waals surface area contributed by atoms with Crippen molar-refractivity contribution in [3.05, 3.63) is 18.2 Å². The van der Waals surface area contributed by atoms with Crippen molar-refractivity contribution < 1.29 is 19.0 Å². The van der Waals surface area contributed by atoms with Crippen LogP contribution in [0.5, 0.6) is 11.5 Å². The Bertz CT molecular complexity index is 516. The maximum Gasteiger partial charge on any atom is 0.325 e. The van der Waals surface area contributed by atoms with Gasteiger partial charge in [-0.3, -0.25) is 4.79 Å². The molecular weight excluding hydrogens is 308 g/mol. The summed E-state index contributed by atoms with van der Waals surface area (Å²) in [5, 5.41) is 0. The van der Waals surface area contributed by atoms with Crippen molar-refractivity contribution >= 4 is 24.1 Å². The third kappa shape index (κ3) is 3.56. The van der Waals surface area contributed by atoms with Gasteiger partial charge in [0.1, 0.15) is 17.0 Å². The first-order valence-electron chi connectivity index (χ1n) is 6.88. The average Bonchev–Trinajstić information content (AvgIpc) is 2.54. The Labute approximate surface area is 136 Å². The van der Waals surface area contributed by atoms with Gasteiger partial charge in [-0.25, -0.2) is 0 Å². The first-order chi connectivity index (χ1) is 10.0. The lowest BCUT2D eigenvalue weighted by molar-refractivity contribution is -0.147. The third-order valence-electron chi connectivity index (χ3n) is 3.97. The average molecular weight is 331 g/mol. The molecule has 22 heavy (non-hydrogen) atoms. The van der Waals surface area contributed by atoms with Crippen LogP contribution in [0.2, 0.25) is 0 Å². The van der Waals surface area contributed by atoms with Crippen molar-refractivity contribution in [3.8, 4) is 11.5 Å². The monoisotopic (exact) mass is 330 g/mol. The minimum atomic E-state index is -0.892. The van der Waals surface area contributed by atoms with Crippen molar-refractivity contribution in [3.63, 3.8) is 0 Å². The summed E-state index contributed by atoms with van der Waals surface area (Å²) in [5.74, 6) is 1.20. The van der Waals surface area contributed by atoms with Crippen LogP contribution in [0.3, 0.4) is 0 Å². The fraction of sp³-hybridized carbons (Fsp3) is 0.533. The van der Waals surface area contributed by atoms with Crippen molar-refractivity contribution in [2.75, 3.05) is 39.3 Å². The van der Waals surface area contributed by atoms with E-state index in [1.807, 2.05) is 18.2 Å². The van der Waals surface area contributed by atoms with Crippen molar-refractivity contribution in [2.45, 2.75) is 18.4 Å². The molecule has 7 heteroatoms. The normalized spacial score (nSPS) is 16.5. The largest absolute Gasteiger partial charge is 0.497 e. The maximum absolute atomic E-state index is 11.7. The molecule has 0 aromatic heterocycles. The number of hydrogen-bond acceptors (Lipinski definition) is 6. The molecule has 1 heterocycles. The van der Waals surface area contributed by atoms with Gasteiger partial charge in [0.2, 0.25) is 0 Å². The van der Waals surface area contributed by atoms with Crippen molar-refractivity contribution in [1.82, 2.24) is 0 Å². The molecule has 1 saturated heterocycles. The number of anilines is 1. The number of methoxy groups -OCH3 is 3. The summed E-state index contributed by atoms with van der Waals surface area (Å²) in [5.41, 5.74) is 6.18. The van der Waals surface area contributed by atoms with Gasteiger partial charge < -0.3 is 24.8 Å². The van der Waals surface area contributed by atoms with E-state index in [9.17, 15) is 4.79 Å². The molecule has 1 aliphatic heterocycles. The predicted octanol–water partition coefficient (Wildman–Crippen LogP) is 1.60. The summed E-state index contributed by atoms with van der Waals surface area (Å²) in [6.45, 7) is 1.32. The number of nitrogens with zero attached hydrogens (tertiary/aromatic N) is 1. The molecule has 0 amide bonds. The van der Waals surface area contributed by atoms with Gasteiger partial charge in [-0.05, 0) is 25.0 Å². The first-order valence-corrected chi connectivity index (χ1v) is 6.88. The van der Waals surface area contributed by atoms with E-state index in [0.29, 0.717) is 25.9 Å². The van der Waals surface area contributed by atoms with Crippen LogP contribution < -0.4 is 20.1 Å². The van der Waals surface area contributed by atoms with Crippen LogP contribution in [0.1, 0.15) is 12.8 Å². The van der Waals surface area contributed by atoms with E-state index in [0.717, 1.165) is 17.2 Å². The molecule has 2 N–H and O–H groups in total. The van der Waals surface area contributed by atoms with E-state index in [1.165, 1.54) is 7.11 Å². The molecule has 6 nitrogen and oxygen atoms in total. The van der Waals surface area contributed by atoms with E-state index in [2.05, 4.69) is 4.90 Å². The zero-order valence-corrected chi connectivity index (χ0v) is 13.9. The smallest absolute Gasteiger partial charge is 0.325 e. The van der Waals surface area contributed by atoms with Crippen LogP contribution in [0, 0.1) is 0 Å². The minimum absolute atomic E-state index is 0. The second-order valence-electron chi connectivity index (χ2n) is 5.17.